The van der Waals surface area contributed by atoms with Crippen LogP contribution in [0.2, 0.25) is 0 Å². The molecule has 0 spiro atoms. The largest absolute Gasteiger partial charge is 0.309 e. The van der Waals surface area contributed by atoms with Crippen LogP contribution in [-0.2, 0) is 10.0 Å². The SMILES string of the molecule is CC(=O)c1cccc(S(=O)(=O)NC(C)CCN(C)C)c1. The summed E-state index contributed by atoms with van der Waals surface area (Å²) in [7, 11) is 0.300. The van der Waals surface area contributed by atoms with Crippen molar-refractivity contribution in [3.8, 4) is 0 Å². The minimum absolute atomic E-state index is 0.127. The van der Waals surface area contributed by atoms with E-state index >= 15 is 0 Å². The molecule has 1 N–H and O–H groups in total. The van der Waals surface area contributed by atoms with Crippen LogP contribution >= 0.6 is 0 Å². The summed E-state index contributed by atoms with van der Waals surface area (Å²) in [4.78, 5) is 13.4. The highest BCUT2D eigenvalue weighted by Crippen LogP contribution is 2.13. The number of nitrogens with zero attached hydrogens (tertiary/aromatic N) is 1. The van der Waals surface area contributed by atoms with Crippen molar-refractivity contribution in [2.45, 2.75) is 31.2 Å². The minimum Gasteiger partial charge on any atom is -0.309 e. The number of benzene rings is 1. The third kappa shape index (κ3) is 5.03. The molecule has 0 radical (unpaired) electrons. The van der Waals surface area contributed by atoms with E-state index in [2.05, 4.69) is 4.72 Å². The highest BCUT2D eigenvalue weighted by Gasteiger charge is 2.18. The topological polar surface area (TPSA) is 66.5 Å². The fraction of sp³-hybridized carbons (Fsp3) is 0.500. The van der Waals surface area contributed by atoms with Gasteiger partial charge in [0.1, 0.15) is 0 Å². The first-order valence-electron chi connectivity index (χ1n) is 6.50. The van der Waals surface area contributed by atoms with Crippen LogP contribution in [0.5, 0.6) is 0 Å². The molecule has 1 unspecified atom stereocenters. The number of nitrogens with one attached hydrogen (secondary N) is 1. The van der Waals surface area contributed by atoms with Gasteiger partial charge in [-0.25, -0.2) is 13.1 Å². The second-order valence-electron chi connectivity index (χ2n) is 5.20. The van der Waals surface area contributed by atoms with Gasteiger partial charge in [0.05, 0.1) is 4.90 Å². The van der Waals surface area contributed by atoms with E-state index < -0.39 is 10.0 Å². The number of hydrogen-bond acceptors (Lipinski definition) is 4. The lowest BCUT2D eigenvalue weighted by Gasteiger charge is -2.17. The molecule has 0 heterocycles. The predicted octanol–water partition coefficient (Wildman–Crippen LogP) is 1.51. The van der Waals surface area contributed by atoms with E-state index in [9.17, 15) is 13.2 Å². The first-order chi connectivity index (χ1) is 9.22. The molecule has 20 heavy (non-hydrogen) atoms. The second kappa shape index (κ2) is 6.97. The number of rotatable bonds is 7. The zero-order valence-electron chi connectivity index (χ0n) is 12.4. The highest BCUT2D eigenvalue weighted by atomic mass is 32.2. The molecule has 112 valence electrons. The van der Waals surface area contributed by atoms with E-state index in [-0.39, 0.29) is 16.7 Å². The fourth-order valence-corrected chi connectivity index (χ4v) is 3.05. The molecule has 1 rings (SSSR count). The van der Waals surface area contributed by atoms with Gasteiger partial charge in [-0.2, -0.15) is 0 Å². The summed E-state index contributed by atoms with van der Waals surface area (Å²) < 4.78 is 27.1. The van der Waals surface area contributed by atoms with Crippen molar-refractivity contribution in [2.24, 2.45) is 0 Å². The Morgan fingerprint density at radius 1 is 1.35 bits per heavy atom. The molecule has 6 heteroatoms. The Bertz CT molecular complexity index is 568. The quantitative estimate of drug-likeness (QED) is 0.775. The third-order valence-electron chi connectivity index (χ3n) is 2.92. The van der Waals surface area contributed by atoms with Gasteiger partial charge in [-0.05, 0) is 53.0 Å². The molecule has 1 aromatic carbocycles. The maximum atomic E-state index is 12.2. The number of Topliss-reactive ketones (excluding diaryl/α,β-unsaturated/α-hetero) is 1. The van der Waals surface area contributed by atoms with Crippen LogP contribution in [0.4, 0.5) is 0 Å². The summed E-state index contributed by atoms with van der Waals surface area (Å²) in [6, 6.07) is 5.92. The van der Waals surface area contributed by atoms with E-state index in [0.717, 1.165) is 13.0 Å². The van der Waals surface area contributed by atoms with E-state index in [0.29, 0.717) is 5.56 Å². The second-order valence-corrected chi connectivity index (χ2v) is 6.91. The Morgan fingerprint density at radius 2 is 2.00 bits per heavy atom. The van der Waals surface area contributed by atoms with Crippen molar-refractivity contribution in [3.05, 3.63) is 29.8 Å². The van der Waals surface area contributed by atoms with Crippen LogP contribution in [0.3, 0.4) is 0 Å². The Hall–Kier alpha value is -1.24. The Morgan fingerprint density at radius 3 is 2.55 bits per heavy atom. The van der Waals surface area contributed by atoms with Crippen LogP contribution < -0.4 is 4.72 Å². The Balaban J connectivity index is 2.83. The van der Waals surface area contributed by atoms with Gasteiger partial charge in [0.2, 0.25) is 10.0 Å². The lowest BCUT2D eigenvalue weighted by molar-refractivity contribution is 0.101. The van der Waals surface area contributed by atoms with Gasteiger partial charge in [-0.15, -0.1) is 0 Å². The van der Waals surface area contributed by atoms with Crippen LogP contribution in [0.1, 0.15) is 30.6 Å². The number of sulfonamides is 1. The van der Waals surface area contributed by atoms with Gasteiger partial charge >= 0.3 is 0 Å². The van der Waals surface area contributed by atoms with Crippen molar-refractivity contribution in [3.63, 3.8) is 0 Å². The normalized spacial score (nSPS) is 13.4. The van der Waals surface area contributed by atoms with Crippen LogP contribution in [0.25, 0.3) is 0 Å². The van der Waals surface area contributed by atoms with Gasteiger partial charge in [-0.1, -0.05) is 12.1 Å². The number of hydrogen-bond donors (Lipinski definition) is 1. The Kier molecular flexibility index (Phi) is 5.86. The van der Waals surface area contributed by atoms with E-state index in [1.54, 1.807) is 12.1 Å². The van der Waals surface area contributed by atoms with Crippen LogP contribution in [0.15, 0.2) is 29.2 Å². The fourth-order valence-electron chi connectivity index (χ4n) is 1.73. The molecular weight excluding hydrogens is 276 g/mol. The molecule has 0 bridgehead atoms. The maximum absolute atomic E-state index is 12.2. The molecule has 5 nitrogen and oxygen atoms in total. The van der Waals surface area contributed by atoms with Crippen LogP contribution in [-0.4, -0.2) is 45.8 Å². The zero-order valence-corrected chi connectivity index (χ0v) is 13.2. The highest BCUT2D eigenvalue weighted by molar-refractivity contribution is 7.89. The van der Waals surface area contributed by atoms with E-state index in [4.69, 9.17) is 0 Å². The molecule has 0 amide bonds. The summed E-state index contributed by atoms with van der Waals surface area (Å²) in [6.45, 7) is 4.05. The molecule has 1 atom stereocenters. The van der Waals surface area contributed by atoms with Crippen molar-refractivity contribution in [1.82, 2.24) is 9.62 Å². The van der Waals surface area contributed by atoms with Crippen molar-refractivity contribution < 1.29 is 13.2 Å². The van der Waals surface area contributed by atoms with Gasteiger partial charge < -0.3 is 4.90 Å². The Labute approximate surface area is 121 Å². The monoisotopic (exact) mass is 298 g/mol. The summed E-state index contributed by atoms with van der Waals surface area (Å²) in [6.07, 6.45) is 0.721. The van der Waals surface area contributed by atoms with Gasteiger partial charge in [0.25, 0.3) is 0 Å². The number of ketones is 1. The average Bonchev–Trinajstić information content (AvgIpc) is 2.36. The van der Waals surface area contributed by atoms with Crippen LogP contribution in [0, 0.1) is 0 Å². The third-order valence-corrected chi connectivity index (χ3v) is 4.50. The summed E-state index contributed by atoms with van der Waals surface area (Å²) in [5, 5.41) is 0. The molecular formula is C14H22N2O3S. The lowest BCUT2D eigenvalue weighted by Crippen LogP contribution is -2.34. The van der Waals surface area contributed by atoms with Crippen molar-refractivity contribution >= 4 is 15.8 Å². The summed E-state index contributed by atoms with van der Waals surface area (Å²) in [5.74, 6) is -0.150. The molecule has 0 aromatic heterocycles. The molecule has 0 aliphatic heterocycles. The van der Waals surface area contributed by atoms with E-state index in [1.165, 1.54) is 19.1 Å². The van der Waals surface area contributed by atoms with Crippen molar-refractivity contribution in [1.29, 1.82) is 0 Å². The zero-order chi connectivity index (χ0) is 15.3. The van der Waals surface area contributed by atoms with E-state index in [1.807, 2.05) is 25.9 Å². The molecule has 0 aliphatic carbocycles. The molecule has 0 fully saturated rings. The van der Waals surface area contributed by atoms with Gasteiger partial charge in [-0.3, -0.25) is 4.79 Å². The maximum Gasteiger partial charge on any atom is 0.240 e. The minimum atomic E-state index is -3.58. The first kappa shape index (κ1) is 16.8. The van der Waals surface area contributed by atoms with Crippen molar-refractivity contribution in [2.75, 3.05) is 20.6 Å². The van der Waals surface area contributed by atoms with Gasteiger partial charge in [0.15, 0.2) is 5.78 Å². The number of carbonyl (C=O) groups excluding carboxylic acids is 1. The molecule has 0 saturated carbocycles. The van der Waals surface area contributed by atoms with Gasteiger partial charge in [0, 0.05) is 11.6 Å². The molecule has 0 aliphatic rings. The number of carbonyl (C=O) groups is 1. The predicted molar refractivity (Wildman–Crippen MR) is 79.4 cm³/mol. The standard InChI is InChI=1S/C14H22N2O3S/c1-11(8-9-16(3)4)15-20(18,19)14-7-5-6-13(10-14)12(2)17/h5-7,10-11,15H,8-9H2,1-4H3. The molecule has 0 saturated heterocycles. The summed E-state index contributed by atoms with van der Waals surface area (Å²) >= 11 is 0. The summed E-state index contributed by atoms with van der Waals surface area (Å²) in [5.41, 5.74) is 0.397. The first-order valence-corrected chi connectivity index (χ1v) is 7.99. The smallest absolute Gasteiger partial charge is 0.240 e. The molecule has 1 aromatic rings. The average molecular weight is 298 g/mol. The lowest BCUT2D eigenvalue weighted by atomic mass is 10.2.